The molecular formula is C14H17NO. The Balaban J connectivity index is 1.63. The molecule has 84 valence electrons. The first kappa shape index (κ1) is 9.20. The number of rotatable bonds is 1. The predicted octanol–water partition coefficient (Wildman–Crippen LogP) is 2.05. The summed E-state index contributed by atoms with van der Waals surface area (Å²) in [6.07, 6.45) is 4.65. The van der Waals surface area contributed by atoms with Crippen molar-refractivity contribution in [3.63, 3.8) is 0 Å². The van der Waals surface area contributed by atoms with E-state index in [1.54, 1.807) is 0 Å². The Morgan fingerprint density at radius 2 is 2.06 bits per heavy atom. The van der Waals surface area contributed by atoms with Crippen LogP contribution in [0.4, 0.5) is 0 Å². The standard InChI is InChI=1S/C14H17NO/c1-2-4-11-10(3-1)7-12-14(11)16-13(8-15-12)9-5-6-9/h1-4,9,12-15H,5-8H2. The number of morpholine rings is 1. The van der Waals surface area contributed by atoms with Crippen molar-refractivity contribution in [2.45, 2.75) is 37.5 Å². The first-order chi connectivity index (χ1) is 7.92. The van der Waals surface area contributed by atoms with Gasteiger partial charge in [0.1, 0.15) is 0 Å². The van der Waals surface area contributed by atoms with Gasteiger partial charge in [0.2, 0.25) is 0 Å². The maximum atomic E-state index is 6.30. The molecule has 3 unspecified atom stereocenters. The smallest absolute Gasteiger partial charge is 0.0988 e. The van der Waals surface area contributed by atoms with E-state index in [0.29, 0.717) is 18.2 Å². The quantitative estimate of drug-likeness (QED) is 0.774. The largest absolute Gasteiger partial charge is 0.367 e. The van der Waals surface area contributed by atoms with Crippen molar-refractivity contribution in [1.82, 2.24) is 5.32 Å². The minimum Gasteiger partial charge on any atom is -0.367 e. The van der Waals surface area contributed by atoms with Crippen LogP contribution in [-0.4, -0.2) is 18.7 Å². The molecule has 0 spiro atoms. The molecule has 2 heteroatoms. The van der Waals surface area contributed by atoms with Gasteiger partial charge in [0.05, 0.1) is 12.2 Å². The highest BCUT2D eigenvalue weighted by molar-refractivity contribution is 5.36. The van der Waals surface area contributed by atoms with E-state index in [1.165, 1.54) is 24.0 Å². The zero-order valence-electron chi connectivity index (χ0n) is 9.36. The van der Waals surface area contributed by atoms with Crippen LogP contribution < -0.4 is 5.32 Å². The second-order valence-electron chi connectivity index (χ2n) is 5.35. The number of ether oxygens (including phenoxy) is 1. The first-order valence-corrected chi connectivity index (χ1v) is 6.38. The highest BCUT2D eigenvalue weighted by Crippen LogP contribution is 2.42. The maximum Gasteiger partial charge on any atom is 0.0988 e. The fraction of sp³-hybridized carbons (Fsp3) is 0.571. The molecular weight excluding hydrogens is 198 g/mol. The summed E-state index contributed by atoms with van der Waals surface area (Å²) < 4.78 is 6.30. The first-order valence-electron chi connectivity index (χ1n) is 6.38. The van der Waals surface area contributed by atoms with Crippen LogP contribution in [0.3, 0.4) is 0 Å². The fourth-order valence-electron chi connectivity index (χ4n) is 3.16. The molecule has 16 heavy (non-hydrogen) atoms. The Kier molecular flexibility index (Phi) is 1.91. The van der Waals surface area contributed by atoms with E-state index in [-0.39, 0.29) is 0 Å². The molecule has 3 aliphatic rings. The molecule has 1 aromatic carbocycles. The van der Waals surface area contributed by atoms with Crippen molar-refractivity contribution in [1.29, 1.82) is 0 Å². The average molecular weight is 215 g/mol. The van der Waals surface area contributed by atoms with Crippen LogP contribution >= 0.6 is 0 Å². The van der Waals surface area contributed by atoms with Crippen LogP contribution in [-0.2, 0) is 11.2 Å². The molecule has 0 aromatic heterocycles. The molecule has 1 aromatic rings. The van der Waals surface area contributed by atoms with E-state index >= 15 is 0 Å². The Labute approximate surface area is 96.0 Å². The number of nitrogens with one attached hydrogen (secondary N) is 1. The Morgan fingerprint density at radius 3 is 2.94 bits per heavy atom. The molecule has 0 amide bonds. The summed E-state index contributed by atoms with van der Waals surface area (Å²) in [4.78, 5) is 0. The number of benzene rings is 1. The summed E-state index contributed by atoms with van der Waals surface area (Å²) in [6.45, 7) is 1.06. The fourth-order valence-corrected chi connectivity index (χ4v) is 3.16. The van der Waals surface area contributed by atoms with Gasteiger partial charge in [0.25, 0.3) is 0 Å². The van der Waals surface area contributed by atoms with Crippen molar-refractivity contribution in [2.24, 2.45) is 5.92 Å². The van der Waals surface area contributed by atoms with Gasteiger partial charge in [-0.25, -0.2) is 0 Å². The van der Waals surface area contributed by atoms with Gasteiger partial charge >= 0.3 is 0 Å². The Hall–Kier alpha value is -0.860. The number of hydrogen-bond acceptors (Lipinski definition) is 2. The Bertz CT molecular complexity index is 413. The molecule has 1 N–H and O–H groups in total. The number of hydrogen-bond donors (Lipinski definition) is 1. The van der Waals surface area contributed by atoms with Gasteiger partial charge in [-0.3, -0.25) is 0 Å². The van der Waals surface area contributed by atoms with Gasteiger partial charge in [-0.05, 0) is 36.3 Å². The van der Waals surface area contributed by atoms with E-state index in [1.807, 2.05) is 0 Å². The predicted molar refractivity (Wildman–Crippen MR) is 62.3 cm³/mol. The van der Waals surface area contributed by atoms with Crippen LogP contribution in [0.2, 0.25) is 0 Å². The van der Waals surface area contributed by atoms with Crippen LogP contribution in [0.15, 0.2) is 24.3 Å². The topological polar surface area (TPSA) is 21.3 Å². The van der Waals surface area contributed by atoms with Gasteiger partial charge in [0, 0.05) is 12.6 Å². The summed E-state index contributed by atoms with van der Waals surface area (Å²) in [6, 6.07) is 9.26. The molecule has 3 atom stereocenters. The van der Waals surface area contributed by atoms with Crippen molar-refractivity contribution >= 4 is 0 Å². The third-order valence-corrected chi connectivity index (χ3v) is 4.22. The lowest BCUT2D eigenvalue weighted by Gasteiger charge is -2.34. The van der Waals surface area contributed by atoms with Gasteiger partial charge in [-0.15, -0.1) is 0 Å². The minimum atomic E-state index is 0.315. The van der Waals surface area contributed by atoms with Crippen molar-refractivity contribution in [3.8, 4) is 0 Å². The van der Waals surface area contributed by atoms with Gasteiger partial charge in [0.15, 0.2) is 0 Å². The van der Waals surface area contributed by atoms with E-state index in [4.69, 9.17) is 4.74 Å². The zero-order valence-corrected chi connectivity index (χ0v) is 9.36. The second kappa shape index (κ2) is 3.31. The lowest BCUT2D eigenvalue weighted by atomic mass is 10.1. The van der Waals surface area contributed by atoms with Crippen molar-refractivity contribution in [2.75, 3.05) is 6.54 Å². The van der Waals surface area contributed by atoms with Crippen molar-refractivity contribution in [3.05, 3.63) is 35.4 Å². The molecule has 1 saturated carbocycles. The van der Waals surface area contributed by atoms with Gasteiger partial charge < -0.3 is 10.1 Å². The van der Waals surface area contributed by atoms with Gasteiger partial charge in [-0.2, -0.15) is 0 Å². The third-order valence-electron chi connectivity index (χ3n) is 4.22. The van der Waals surface area contributed by atoms with Gasteiger partial charge in [-0.1, -0.05) is 24.3 Å². The van der Waals surface area contributed by atoms with E-state index in [2.05, 4.69) is 29.6 Å². The molecule has 2 fully saturated rings. The minimum absolute atomic E-state index is 0.315. The summed E-state index contributed by atoms with van der Waals surface area (Å²) in [7, 11) is 0. The maximum absolute atomic E-state index is 6.30. The number of fused-ring (bicyclic) bond motifs is 3. The molecule has 1 aliphatic heterocycles. The van der Waals surface area contributed by atoms with Crippen LogP contribution in [0.5, 0.6) is 0 Å². The summed E-state index contributed by atoms with van der Waals surface area (Å²) in [5.74, 6) is 0.834. The summed E-state index contributed by atoms with van der Waals surface area (Å²) in [5, 5.41) is 3.67. The highest BCUT2D eigenvalue weighted by atomic mass is 16.5. The SMILES string of the molecule is c1ccc2c(c1)CC1NCC(C3CC3)OC21. The van der Waals surface area contributed by atoms with E-state index < -0.39 is 0 Å². The molecule has 2 aliphatic carbocycles. The molecule has 1 heterocycles. The monoisotopic (exact) mass is 215 g/mol. The lowest BCUT2D eigenvalue weighted by Crippen LogP contribution is -2.47. The molecule has 0 bridgehead atoms. The van der Waals surface area contributed by atoms with Crippen LogP contribution in [0.1, 0.15) is 30.1 Å². The zero-order chi connectivity index (χ0) is 10.5. The third kappa shape index (κ3) is 1.33. The summed E-state index contributed by atoms with van der Waals surface area (Å²) in [5.41, 5.74) is 2.90. The second-order valence-corrected chi connectivity index (χ2v) is 5.35. The molecule has 1 saturated heterocycles. The van der Waals surface area contributed by atoms with Crippen LogP contribution in [0.25, 0.3) is 0 Å². The normalized spacial score (nSPS) is 36.9. The molecule has 0 radical (unpaired) electrons. The average Bonchev–Trinajstić information content (AvgIpc) is 3.10. The highest BCUT2D eigenvalue weighted by Gasteiger charge is 2.42. The van der Waals surface area contributed by atoms with E-state index in [9.17, 15) is 0 Å². The van der Waals surface area contributed by atoms with Crippen LogP contribution in [0, 0.1) is 5.92 Å². The summed E-state index contributed by atoms with van der Waals surface area (Å²) >= 11 is 0. The van der Waals surface area contributed by atoms with Crippen molar-refractivity contribution < 1.29 is 4.74 Å². The Morgan fingerprint density at radius 1 is 1.19 bits per heavy atom. The molecule has 4 rings (SSSR count). The molecule has 2 nitrogen and oxygen atoms in total. The van der Waals surface area contributed by atoms with E-state index in [0.717, 1.165) is 18.9 Å². The lowest BCUT2D eigenvalue weighted by molar-refractivity contribution is -0.0677.